The highest BCUT2D eigenvalue weighted by Gasteiger charge is 1.99. The molecule has 0 saturated heterocycles. The van der Waals surface area contributed by atoms with Crippen molar-refractivity contribution >= 4 is 41.1 Å². The summed E-state index contributed by atoms with van der Waals surface area (Å²) < 4.78 is 0. The molecule has 0 aliphatic rings. The Labute approximate surface area is 103 Å². The SMILES string of the molecule is N=C(N)NC(=O)C=Cc1ccc(Cl)cc1Cl. The van der Waals surface area contributed by atoms with Crippen LogP contribution in [0.25, 0.3) is 6.08 Å². The minimum atomic E-state index is -0.487. The number of rotatable bonds is 2. The summed E-state index contributed by atoms with van der Waals surface area (Å²) in [4.78, 5) is 11.1. The van der Waals surface area contributed by atoms with Gasteiger partial charge in [-0.2, -0.15) is 0 Å². The molecule has 1 amide bonds. The summed E-state index contributed by atoms with van der Waals surface area (Å²) in [5.41, 5.74) is 5.64. The van der Waals surface area contributed by atoms with E-state index in [2.05, 4.69) is 5.32 Å². The van der Waals surface area contributed by atoms with Gasteiger partial charge in [0.25, 0.3) is 5.91 Å². The number of nitrogens with one attached hydrogen (secondary N) is 2. The Bertz CT molecular complexity index is 457. The van der Waals surface area contributed by atoms with Crippen LogP contribution in [0.5, 0.6) is 0 Å². The molecule has 0 spiro atoms. The number of benzene rings is 1. The van der Waals surface area contributed by atoms with Gasteiger partial charge in [-0.1, -0.05) is 29.3 Å². The lowest BCUT2D eigenvalue weighted by atomic mass is 10.2. The minimum Gasteiger partial charge on any atom is -0.370 e. The van der Waals surface area contributed by atoms with Crippen LogP contribution in [0.15, 0.2) is 24.3 Å². The standard InChI is InChI=1S/C10H9Cl2N3O/c11-7-3-1-6(8(12)5-7)2-4-9(16)15-10(13)14/h1-5H,(H4,13,14,15,16). The molecule has 1 aromatic carbocycles. The van der Waals surface area contributed by atoms with Crippen molar-refractivity contribution in [2.75, 3.05) is 0 Å². The van der Waals surface area contributed by atoms with E-state index in [9.17, 15) is 4.79 Å². The molecule has 0 aliphatic carbocycles. The van der Waals surface area contributed by atoms with Gasteiger partial charge in [-0.15, -0.1) is 0 Å². The maximum atomic E-state index is 11.1. The molecule has 0 atom stereocenters. The smallest absolute Gasteiger partial charge is 0.250 e. The summed E-state index contributed by atoms with van der Waals surface area (Å²) in [6.45, 7) is 0. The molecule has 0 bridgehead atoms. The minimum absolute atomic E-state index is 0.406. The van der Waals surface area contributed by atoms with Gasteiger partial charge < -0.3 is 5.73 Å². The molecule has 0 aromatic heterocycles. The number of carbonyl (C=O) groups excluding carboxylic acids is 1. The maximum Gasteiger partial charge on any atom is 0.250 e. The highest BCUT2D eigenvalue weighted by atomic mass is 35.5. The van der Waals surface area contributed by atoms with Crippen molar-refractivity contribution in [3.8, 4) is 0 Å². The third-order valence-corrected chi connectivity index (χ3v) is 2.20. The van der Waals surface area contributed by atoms with Crippen LogP contribution in [0.4, 0.5) is 0 Å². The van der Waals surface area contributed by atoms with E-state index >= 15 is 0 Å². The molecule has 0 aliphatic heterocycles. The van der Waals surface area contributed by atoms with E-state index in [1.54, 1.807) is 18.2 Å². The second-order valence-corrected chi connectivity index (χ2v) is 3.75. The molecule has 0 unspecified atom stereocenters. The fourth-order valence-electron chi connectivity index (χ4n) is 0.977. The lowest BCUT2D eigenvalue weighted by Crippen LogP contribution is -2.34. The van der Waals surface area contributed by atoms with Crippen LogP contribution in [-0.2, 0) is 4.79 Å². The van der Waals surface area contributed by atoms with E-state index in [0.717, 1.165) is 0 Å². The average Bonchev–Trinajstić information content (AvgIpc) is 2.15. The first kappa shape index (κ1) is 12.5. The Hall–Kier alpha value is -1.52. The number of hydrogen-bond acceptors (Lipinski definition) is 2. The van der Waals surface area contributed by atoms with Gasteiger partial charge in [0.15, 0.2) is 5.96 Å². The summed E-state index contributed by atoms with van der Waals surface area (Å²) in [5.74, 6) is -0.893. The zero-order chi connectivity index (χ0) is 12.1. The second kappa shape index (κ2) is 5.53. The normalized spacial score (nSPS) is 10.4. The van der Waals surface area contributed by atoms with Crippen LogP contribution in [0.2, 0.25) is 10.0 Å². The first-order chi connectivity index (χ1) is 7.49. The van der Waals surface area contributed by atoms with Crippen LogP contribution < -0.4 is 11.1 Å². The molecule has 1 rings (SSSR count). The molecule has 4 nitrogen and oxygen atoms in total. The summed E-state index contributed by atoms with van der Waals surface area (Å²) in [5, 5.41) is 9.92. The van der Waals surface area contributed by atoms with Gasteiger partial charge >= 0.3 is 0 Å². The Morgan fingerprint density at radius 1 is 1.44 bits per heavy atom. The summed E-state index contributed by atoms with van der Waals surface area (Å²) >= 11 is 11.6. The van der Waals surface area contributed by atoms with Crippen molar-refractivity contribution in [1.29, 1.82) is 5.41 Å². The zero-order valence-electron chi connectivity index (χ0n) is 8.13. The Morgan fingerprint density at radius 2 is 2.12 bits per heavy atom. The van der Waals surface area contributed by atoms with Gasteiger partial charge in [0, 0.05) is 16.1 Å². The molecule has 0 fully saturated rings. The Balaban J connectivity index is 2.76. The van der Waals surface area contributed by atoms with E-state index < -0.39 is 11.9 Å². The van der Waals surface area contributed by atoms with Gasteiger partial charge in [0.1, 0.15) is 0 Å². The summed E-state index contributed by atoms with van der Waals surface area (Å²) in [6, 6.07) is 4.92. The number of amides is 1. The Morgan fingerprint density at radius 3 is 2.69 bits per heavy atom. The third-order valence-electron chi connectivity index (χ3n) is 1.63. The highest BCUT2D eigenvalue weighted by Crippen LogP contribution is 2.21. The number of carbonyl (C=O) groups is 1. The van der Waals surface area contributed by atoms with Crippen molar-refractivity contribution in [2.24, 2.45) is 5.73 Å². The zero-order valence-corrected chi connectivity index (χ0v) is 9.64. The number of halogens is 2. The first-order valence-electron chi connectivity index (χ1n) is 4.27. The molecule has 6 heteroatoms. The van der Waals surface area contributed by atoms with Crippen LogP contribution >= 0.6 is 23.2 Å². The van der Waals surface area contributed by atoms with E-state index in [0.29, 0.717) is 15.6 Å². The van der Waals surface area contributed by atoms with E-state index in [1.165, 1.54) is 12.2 Å². The van der Waals surface area contributed by atoms with Gasteiger partial charge in [-0.05, 0) is 23.8 Å². The highest BCUT2D eigenvalue weighted by molar-refractivity contribution is 6.35. The summed E-state index contributed by atoms with van der Waals surface area (Å²) in [6.07, 6.45) is 2.74. The van der Waals surface area contributed by atoms with Gasteiger partial charge in [-0.25, -0.2) is 0 Å². The largest absolute Gasteiger partial charge is 0.370 e. The maximum absolute atomic E-state index is 11.1. The van der Waals surface area contributed by atoms with Gasteiger partial charge in [0.2, 0.25) is 0 Å². The lowest BCUT2D eigenvalue weighted by molar-refractivity contribution is -0.115. The third kappa shape index (κ3) is 3.92. The molecule has 1 aromatic rings. The average molecular weight is 258 g/mol. The molecule has 0 heterocycles. The van der Waals surface area contributed by atoms with Crippen LogP contribution in [0, 0.1) is 5.41 Å². The Kier molecular flexibility index (Phi) is 4.34. The number of hydrogen-bond donors (Lipinski definition) is 3. The predicted octanol–water partition coefficient (Wildman–Crippen LogP) is 2.02. The fraction of sp³-hybridized carbons (Fsp3) is 0. The van der Waals surface area contributed by atoms with E-state index in [4.69, 9.17) is 34.3 Å². The number of nitrogens with two attached hydrogens (primary N) is 1. The van der Waals surface area contributed by atoms with Crippen molar-refractivity contribution in [3.63, 3.8) is 0 Å². The quantitative estimate of drug-likeness (QED) is 0.431. The van der Waals surface area contributed by atoms with Gasteiger partial charge in [0.05, 0.1) is 0 Å². The van der Waals surface area contributed by atoms with Crippen molar-refractivity contribution in [1.82, 2.24) is 5.32 Å². The fourth-order valence-corrected chi connectivity index (χ4v) is 1.45. The topological polar surface area (TPSA) is 79.0 Å². The molecule has 0 radical (unpaired) electrons. The number of guanidine groups is 1. The van der Waals surface area contributed by atoms with Crippen LogP contribution in [0.3, 0.4) is 0 Å². The van der Waals surface area contributed by atoms with Crippen molar-refractivity contribution in [2.45, 2.75) is 0 Å². The molecule has 84 valence electrons. The van der Waals surface area contributed by atoms with E-state index in [1.807, 2.05) is 0 Å². The molecular weight excluding hydrogens is 249 g/mol. The van der Waals surface area contributed by atoms with Crippen molar-refractivity contribution in [3.05, 3.63) is 39.9 Å². The predicted molar refractivity (Wildman–Crippen MR) is 65.6 cm³/mol. The van der Waals surface area contributed by atoms with Crippen LogP contribution in [-0.4, -0.2) is 11.9 Å². The second-order valence-electron chi connectivity index (χ2n) is 2.90. The van der Waals surface area contributed by atoms with Gasteiger partial charge in [-0.3, -0.25) is 15.5 Å². The molecule has 4 N–H and O–H groups in total. The summed E-state index contributed by atoms with van der Waals surface area (Å²) in [7, 11) is 0. The molecule has 16 heavy (non-hydrogen) atoms. The van der Waals surface area contributed by atoms with Crippen LogP contribution in [0.1, 0.15) is 5.56 Å². The van der Waals surface area contributed by atoms with Crippen molar-refractivity contribution < 1.29 is 4.79 Å². The lowest BCUT2D eigenvalue weighted by Gasteiger charge is -1.99. The molecule has 0 saturated carbocycles. The first-order valence-corrected chi connectivity index (χ1v) is 5.03. The molecular formula is C10H9Cl2N3O. The monoisotopic (exact) mass is 257 g/mol. The van der Waals surface area contributed by atoms with E-state index in [-0.39, 0.29) is 0 Å².